The van der Waals surface area contributed by atoms with Crippen LogP contribution in [0.3, 0.4) is 0 Å². The standard InChI is InChI=1S/C20H25N3O2/c21-18-8-5-16(12-19(18)22)20(24)15-3-6-17(7-4-15)25-11-1-2-14-9-10-23-13-14/h3-8,12,14,23H,1-2,9-11,13,21-22H2. The van der Waals surface area contributed by atoms with E-state index in [2.05, 4.69) is 5.32 Å². The molecule has 0 amide bonds. The average Bonchev–Trinajstić information content (AvgIpc) is 3.14. The molecule has 0 radical (unpaired) electrons. The number of carbonyl (C=O) groups excluding carboxylic acids is 1. The molecule has 132 valence electrons. The van der Waals surface area contributed by atoms with Gasteiger partial charge < -0.3 is 21.5 Å². The highest BCUT2D eigenvalue weighted by Crippen LogP contribution is 2.21. The van der Waals surface area contributed by atoms with Gasteiger partial charge in [-0.05, 0) is 80.7 Å². The Morgan fingerprint density at radius 2 is 1.84 bits per heavy atom. The number of nitrogen functional groups attached to an aromatic ring is 2. The molecule has 5 nitrogen and oxygen atoms in total. The van der Waals surface area contributed by atoms with Gasteiger partial charge in [-0.15, -0.1) is 0 Å². The Kier molecular flexibility index (Phi) is 5.56. The third-order valence-corrected chi connectivity index (χ3v) is 4.65. The lowest BCUT2D eigenvalue weighted by atomic mass is 10.0. The number of rotatable bonds is 7. The van der Waals surface area contributed by atoms with Gasteiger partial charge in [0.25, 0.3) is 0 Å². The molecular weight excluding hydrogens is 314 g/mol. The first-order chi connectivity index (χ1) is 12.1. The molecule has 5 heteroatoms. The molecule has 1 fully saturated rings. The lowest BCUT2D eigenvalue weighted by molar-refractivity contribution is 0.103. The molecule has 0 aliphatic carbocycles. The van der Waals surface area contributed by atoms with E-state index in [9.17, 15) is 4.79 Å². The summed E-state index contributed by atoms with van der Waals surface area (Å²) in [5.41, 5.74) is 13.5. The normalized spacial score (nSPS) is 16.7. The minimum absolute atomic E-state index is 0.0769. The monoisotopic (exact) mass is 339 g/mol. The van der Waals surface area contributed by atoms with Gasteiger partial charge in [-0.3, -0.25) is 4.79 Å². The fraction of sp³-hybridized carbons (Fsp3) is 0.350. The Bertz CT molecular complexity index is 722. The van der Waals surface area contributed by atoms with Crippen molar-refractivity contribution in [3.8, 4) is 5.75 Å². The van der Waals surface area contributed by atoms with Crippen molar-refractivity contribution in [2.75, 3.05) is 31.2 Å². The van der Waals surface area contributed by atoms with Crippen LogP contribution in [0.15, 0.2) is 42.5 Å². The lowest BCUT2D eigenvalue weighted by Gasteiger charge is -2.10. The molecule has 2 aromatic rings. The minimum Gasteiger partial charge on any atom is -0.494 e. The fourth-order valence-corrected chi connectivity index (χ4v) is 3.11. The van der Waals surface area contributed by atoms with Crippen LogP contribution >= 0.6 is 0 Å². The zero-order valence-corrected chi connectivity index (χ0v) is 14.3. The topological polar surface area (TPSA) is 90.4 Å². The number of anilines is 2. The highest BCUT2D eigenvalue weighted by molar-refractivity contribution is 6.09. The molecule has 1 atom stereocenters. The second-order valence-electron chi connectivity index (χ2n) is 6.55. The van der Waals surface area contributed by atoms with E-state index < -0.39 is 0 Å². The molecule has 1 heterocycles. The number of benzene rings is 2. The summed E-state index contributed by atoms with van der Waals surface area (Å²) in [5.74, 6) is 1.50. The Hall–Kier alpha value is -2.53. The van der Waals surface area contributed by atoms with Crippen LogP contribution in [-0.4, -0.2) is 25.5 Å². The summed E-state index contributed by atoms with van der Waals surface area (Å²) >= 11 is 0. The van der Waals surface area contributed by atoms with E-state index in [1.165, 1.54) is 12.8 Å². The van der Waals surface area contributed by atoms with E-state index in [1.54, 1.807) is 30.3 Å². The molecule has 5 N–H and O–H groups in total. The van der Waals surface area contributed by atoms with Gasteiger partial charge in [-0.2, -0.15) is 0 Å². The van der Waals surface area contributed by atoms with Crippen LogP contribution in [-0.2, 0) is 0 Å². The van der Waals surface area contributed by atoms with Crippen molar-refractivity contribution in [3.05, 3.63) is 53.6 Å². The van der Waals surface area contributed by atoms with E-state index in [-0.39, 0.29) is 5.78 Å². The van der Waals surface area contributed by atoms with E-state index in [1.807, 2.05) is 12.1 Å². The van der Waals surface area contributed by atoms with E-state index in [4.69, 9.17) is 16.2 Å². The van der Waals surface area contributed by atoms with E-state index in [0.717, 1.165) is 31.2 Å². The van der Waals surface area contributed by atoms with E-state index in [0.29, 0.717) is 29.1 Å². The molecule has 0 bridgehead atoms. The quantitative estimate of drug-likeness (QED) is 0.410. The van der Waals surface area contributed by atoms with Crippen molar-refractivity contribution in [2.45, 2.75) is 19.3 Å². The largest absolute Gasteiger partial charge is 0.494 e. The van der Waals surface area contributed by atoms with Crippen LogP contribution in [0.5, 0.6) is 5.75 Å². The van der Waals surface area contributed by atoms with Gasteiger partial charge in [0, 0.05) is 11.1 Å². The van der Waals surface area contributed by atoms with Crippen molar-refractivity contribution >= 4 is 17.2 Å². The van der Waals surface area contributed by atoms with Gasteiger partial charge in [0.1, 0.15) is 5.75 Å². The molecule has 25 heavy (non-hydrogen) atoms. The summed E-state index contributed by atoms with van der Waals surface area (Å²) in [6, 6.07) is 12.2. The van der Waals surface area contributed by atoms with Crippen molar-refractivity contribution in [2.24, 2.45) is 5.92 Å². The molecule has 1 unspecified atom stereocenters. The number of nitrogens with one attached hydrogen (secondary N) is 1. The summed E-state index contributed by atoms with van der Waals surface area (Å²) in [6.07, 6.45) is 3.52. The lowest BCUT2D eigenvalue weighted by Crippen LogP contribution is -2.10. The predicted molar refractivity (Wildman–Crippen MR) is 101 cm³/mol. The Morgan fingerprint density at radius 3 is 2.52 bits per heavy atom. The number of ketones is 1. The van der Waals surface area contributed by atoms with Crippen molar-refractivity contribution < 1.29 is 9.53 Å². The third kappa shape index (κ3) is 4.51. The SMILES string of the molecule is Nc1ccc(C(=O)c2ccc(OCCCC3CCNC3)cc2)cc1N. The summed E-state index contributed by atoms with van der Waals surface area (Å²) in [4.78, 5) is 12.5. The fourth-order valence-electron chi connectivity index (χ4n) is 3.11. The Labute approximate surface area is 148 Å². The molecule has 1 aliphatic rings. The summed E-state index contributed by atoms with van der Waals surface area (Å²) < 4.78 is 5.77. The molecule has 3 rings (SSSR count). The first-order valence-corrected chi connectivity index (χ1v) is 8.77. The maximum absolute atomic E-state index is 12.5. The van der Waals surface area contributed by atoms with Crippen LogP contribution in [0.25, 0.3) is 0 Å². The molecule has 1 saturated heterocycles. The summed E-state index contributed by atoms with van der Waals surface area (Å²) in [6.45, 7) is 2.98. The van der Waals surface area contributed by atoms with Gasteiger partial charge in [-0.25, -0.2) is 0 Å². The maximum atomic E-state index is 12.5. The zero-order valence-electron chi connectivity index (χ0n) is 14.3. The second kappa shape index (κ2) is 8.03. The predicted octanol–water partition coefficient (Wildman–Crippen LogP) is 2.85. The van der Waals surface area contributed by atoms with Crippen LogP contribution in [0.1, 0.15) is 35.2 Å². The summed E-state index contributed by atoms with van der Waals surface area (Å²) in [7, 11) is 0. The van der Waals surface area contributed by atoms with Gasteiger partial charge >= 0.3 is 0 Å². The number of hydrogen-bond acceptors (Lipinski definition) is 5. The maximum Gasteiger partial charge on any atom is 0.193 e. The Morgan fingerprint density at radius 1 is 1.08 bits per heavy atom. The van der Waals surface area contributed by atoms with Gasteiger partial charge in [0.2, 0.25) is 0 Å². The first kappa shape index (κ1) is 17.3. The second-order valence-corrected chi connectivity index (χ2v) is 6.55. The molecule has 0 aromatic heterocycles. The number of nitrogens with two attached hydrogens (primary N) is 2. The molecular formula is C20H25N3O2. The molecule has 0 spiro atoms. The number of ether oxygens (including phenoxy) is 1. The third-order valence-electron chi connectivity index (χ3n) is 4.65. The highest BCUT2D eigenvalue weighted by atomic mass is 16.5. The van der Waals surface area contributed by atoms with Gasteiger partial charge in [0.15, 0.2) is 5.78 Å². The zero-order chi connectivity index (χ0) is 17.6. The number of hydrogen-bond donors (Lipinski definition) is 3. The smallest absolute Gasteiger partial charge is 0.193 e. The number of carbonyl (C=O) groups is 1. The van der Waals surface area contributed by atoms with Crippen LogP contribution < -0.4 is 21.5 Å². The van der Waals surface area contributed by atoms with Gasteiger partial charge in [-0.1, -0.05) is 0 Å². The highest BCUT2D eigenvalue weighted by Gasteiger charge is 2.14. The van der Waals surface area contributed by atoms with Crippen molar-refractivity contribution in [1.29, 1.82) is 0 Å². The molecule has 2 aromatic carbocycles. The minimum atomic E-state index is -0.0769. The van der Waals surface area contributed by atoms with Gasteiger partial charge in [0.05, 0.1) is 18.0 Å². The van der Waals surface area contributed by atoms with Crippen LogP contribution in [0.4, 0.5) is 11.4 Å². The Balaban J connectivity index is 1.52. The molecule has 1 aliphatic heterocycles. The van der Waals surface area contributed by atoms with Crippen molar-refractivity contribution in [3.63, 3.8) is 0 Å². The summed E-state index contributed by atoms with van der Waals surface area (Å²) in [5, 5.41) is 3.38. The molecule has 0 saturated carbocycles. The van der Waals surface area contributed by atoms with Crippen LogP contribution in [0.2, 0.25) is 0 Å². The average molecular weight is 339 g/mol. The first-order valence-electron chi connectivity index (χ1n) is 8.77. The van der Waals surface area contributed by atoms with Crippen molar-refractivity contribution in [1.82, 2.24) is 5.32 Å². The van der Waals surface area contributed by atoms with Crippen LogP contribution in [0, 0.1) is 5.92 Å². The van der Waals surface area contributed by atoms with E-state index >= 15 is 0 Å².